The Bertz CT molecular complexity index is 3510. The van der Waals surface area contributed by atoms with Crippen molar-refractivity contribution < 1.29 is 0 Å². The maximum absolute atomic E-state index is 2.47. The summed E-state index contributed by atoms with van der Waals surface area (Å²) in [6, 6.07) is 88.8. The van der Waals surface area contributed by atoms with Crippen molar-refractivity contribution in [2.45, 2.75) is 19.3 Å². The molecule has 1 atom stereocenters. The molecule has 318 valence electrons. The molecule has 2 aliphatic rings. The van der Waals surface area contributed by atoms with Gasteiger partial charge in [0.2, 0.25) is 0 Å². The summed E-state index contributed by atoms with van der Waals surface area (Å²) in [7, 11) is 0. The molecule has 0 aliphatic heterocycles. The van der Waals surface area contributed by atoms with Crippen LogP contribution in [0.15, 0.2) is 260 Å². The number of nitrogens with zero attached hydrogens (tertiary/aromatic N) is 2. The van der Waals surface area contributed by atoms with Crippen LogP contribution in [0.5, 0.6) is 0 Å². The quantitative estimate of drug-likeness (QED) is 0.150. The van der Waals surface area contributed by atoms with Gasteiger partial charge in [-0.1, -0.05) is 188 Å². The number of para-hydroxylation sites is 1. The highest BCUT2D eigenvalue weighted by atomic mass is 15.1. The Kier molecular flexibility index (Phi) is 9.88. The maximum atomic E-state index is 2.47. The molecule has 10 aromatic carbocycles. The first kappa shape index (κ1) is 40.1. The highest BCUT2D eigenvalue weighted by molar-refractivity contribution is 6.01. The van der Waals surface area contributed by atoms with Crippen molar-refractivity contribution in [1.82, 2.24) is 0 Å². The summed E-state index contributed by atoms with van der Waals surface area (Å²) in [5, 5.41) is 2.44. The molecule has 2 nitrogen and oxygen atoms in total. The lowest BCUT2D eigenvalue weighted by atomic mass is 9.70. The summed E-state index contributed by atoms with van der Waals surface area (Å²) < 4.78 is 0. The molecule has 12 rings (SSSR count). The molecule has 0 saturated heterocycles. The van der Waals surface area contributed by atoms with Gasteiger partial charge in [-0.3, -0.25) is 0 Å². The first-order chi connectivity index (χ1) is 33.1. The number of hydrogen-bond acceptors (Lipinski definition) is 2. The summed E-state index contributed by atoms with van der Waals surface area (Å²) in [5.74, 6) is 0. The minimum Gasteiger partial charge on any atom is -0.310 e. The zero-order valence-electron chi connectivity index (χ0n) is 37.6. The molecule has 0 amide bonds. The maximum Gasteiger partial charge on any atom is 0.0723 e. The van der Waals surface area contributed by atoms with E-state index in [4.69, 9.17) is 0 Å². The van der Waals surface area contributed by atoms with Gasteiger partial charge in [0, 0.05) is 33.8 Å². The van der Waals surface area contributed by atoms with E-state index in [1.54, 1.807) is 0 Å². The van der Waals surface area contributed by atoms with Crippen molar-refractivity contribution in [1.29, 1.82) is 0 Å². The molecule has 10 aromatic rings. The second kappa shape index (κ2) is 16.5. The summed E-state index contributed by atoms with van der Waals surface area (Å²) >= 11 is 0. The van der Waals surface area contributed by atoms with E-state index in [0.29, 0.717) is 0 Å². The summed E-state index contributed by atoms with van der Waals surface area (Å²) in [4.78, 5) is 4.78. The van der Waals surface area contributed by atoms with Gasteiger partial charge in [0.15, 0.2) is 0 Å². The first-order valence-corrected chi connectivity index (χ1v) is 23.3. The van der Waals surface area contributed by atoms with Gasteiger partial charge in [-0.15, -0.1) is 0 Å². The molecule has 0 aromatic heterocycles. The molecule has 0 fully saturated rings. The van der Waals surface area contributed by atoms with E-state index in [9.17, 15) is 0 Å². The molecular formula is C65H48N2. The van der Waals surface area contributed by atoms with Crippen LogP contribution in [0.3, 0.4) is 0 Å². The monoisotopic (exact) mass is 856 g/mol. The van der Waals surface area contributed by atoms with Crippen LogP contribution < -0.4 is 9.80 Å². The lowest BCUT2D eigenvalue weighted by molar-refractivity contribution is 0.792. The van der Waals surface area contributed by atoms with Gasteiger partial charge in [0.05, 0.1) is 11.1 Å². The summed E-state index contributed by atoms with van der Waals surface area (Å²) in [5.41, 5.74) is 21.5. The van der Waals surface area contributed by atoms with Crippen molar-refractivity contribution in [2.24, 2.45) is 0 Å². The Labute approximate surface area is 393 Å². The predicted octanol–water partition coefficient (Wildman–Crippen LogP) is 17.8. The minimum absolute atomic E-state index is 0.433. The average molecular weight is 857 g/mol. The largest absolute Gasteiger partial charge is 0.310 e. The van der Waals surface area contributed by atoms with Crippen LogP contribution in [-0.2, 0) is 5.41 Å². The van der Waals surface area contributed by atoms with Crippen LogP contribution in [0.1, 0.15) is 36.1 Å². The van der Waals surface area contributed by atoms with Crippen LogP contribution >= 0.6 is 0 Å². The average Bonchev–Trinajstić information content (AvgIpc) is 3.86. The fourth-order valence-electron chi connectivity index (χ4n) is 11.1. The topological polar surface area (TPSA) is 6.48 Å². The van der Waals surface area contributed by atoms with E-state index in [1.165, 1.54) is 66.4 Å². The molecule has 67 heavy (non-hydrogen) atoms. The Morgan fingerprint density at radius 3 is 1.42 bits per heavy atom. The predicted molar refractivity (Wildman–Crippen MR) is 283 cm³/mol. The molecule has 2 heteroatoms. The zero-order chi connectivity index (χ0) is 44.9. The fourth-order valence-corrected chi connectivity index (χ4v) is 11.1. The van der Waals surface area contributed by atoms with Crippen LogP contribution in [0, 0.1) is 0 Å². The van der Waals surface area contributed by atoms with Gasteiger partial charge in [-0.2, -0.15) is 0 Å². The molecule has 0 N–H and O–H groups in total. The number of rotatable bonds is 8. The highest BCUT2D eigenvalue weighted by Crippen LogP contribution is 2.64. The Hall–Kier alpha value is -8.46. The smallest absolute Gasteiger partial charge is 0.0723 e. The van der Waals surface area contributed by atoms with E-state index in [2.05, 4.69) is 278 Å². The zero-order valence-corrected chi connectivity index (χ0v) is 37.6. The molecule has 1 spiro atoms. The Morgan fingerprint density at radius 2 is 0.791 bits per heavy atom. The molecule has 0 heterocycles. The third-order valence-electron chi connectivity index (χ3n) is 14.0. The van der Waals surface area contributed by atoms with E-state index >= 15 is 0 Å². The van der Waals surface area contributed by atoms with Crippen molar-refractivity contribution in [3.8, 4) is 33.4 Å². The van der Waals surface area contributed by atoms with Crippen LogP contribution in [-0.4, -0.2) is 0 Å². The molecule has 0 saturated carbocycles. The van der Waals surface area contributed by atoms with Gasteiger partial charge >= 0.3 is 0 Å². The van der Waals surface area contributed by atoms with Crippen LogP contribution in [0.2, 0.25) is 0 Å². The van der Waals surface area contributed by atoms with Crippen molar-refractivity contribution >= 4 is 50.5 Å². The molecular weight excluding hydrogens is 809 g/mol. The van der Waals surface area contributed by atoms with Gasteiger partial charge in [0.1, 0.15) is 0 Å². The Morgan fingerprint density at radius 1 is 0.328 bits per heavy atom. The van der Waals surface area contributed by atoms with Crippen molar-refractivity contribution in [2.75, 3.05) is 9.80 Å². The third kappa shape index (κ3) is 6.48. The number of fused-ring (bicyclic) bond motifs is 8. The second-order valence-electron chi connectivity index (χ2n) is 17.5. The van der Waals surface area contributed by atoms with Crippen LogP contribution in [0.4, 0.5) is 34.1 Å². The molecule has 1 unspecified atom stereocenters. The Balaban J connectivity index is 0.963. The lowest BCUT2D eigenvalue weighted by Gasteiger charge is -2.32. The van der Waals surface area contributed by atoms with Crippen molar-refractivity contribution in [3.63, 3.8) is 0 Å². The normalized spacial score (nSPS) is 15.7. The number of allylic oxidation sites excluding steroid dienone is 4. The van der Waals surface area contributed by atoms with Gasteiger partial charge < -0.3 is 9.80 Å². The molecule has 2 aliphatic carbocycles. The summed E-state index contributed by atoms with van der Waals surface area (Å²) in [6.07, 6.45) is 4.65. The lowest BCUT2D eigenvalue weighted by Crippen LogP contribution is -2.26. The SMILES string of the molecule is CC=C1/C(=C\C)C2(c3ccccc31)c1ccccc1-c1ccc(N(c3ccc(-c4ccccc4)cc3)c3ccc(-c4ccc(N(c5ccccc5)c5cccc6ccccc56)cc4)cc3)cc12. The minimum atomic E-state index is -0.433. The molecule has 0 bridgehead atoms. The van der Waals surface area contributed by atoms with E-state index < -0.39 is 5.41 Å². The van der Waals surface area contributed by atoms with Crippen molar-refractivity contribution in [3.05, 3.63) is 283 Å². The highest BCUT2D eigenvalue weighted by Gasteiger charge is 2.53. The fraction of sp³-hybridized carbons (Fsp3) is 0.0462. The third-order valence-corrected chi connectivity index (χ3v) is 14.0. The first-order valence-electron chi connectivity index (χ1n) is 23.3. The number of anilines is 6. The van der Waals surface area contributed by atoms with Crippen LogP contribution in [0.25, 0.3) is 49.7 Å². The van der Waals surface area contributed by atoms with E-state index in [1.807, 2.05) is 0 Å². The molecule has 0 radical (unpaired) electrons. The van der Waals surface area contributed by atoms with E-state index in [0.717, 1.165) is 45.3 Å². The number of hydrogen-bond donors (Lipinski definition) is 0. The second-order valence-corrected chi connectivity index (χ2v) is 17.5. The van der Waals surface area contributed by atoms with Gasteiger partial charge in [-0.05, 0) is 153 Å². The van der Waals surface area contributed by atoms with E-state index in [-0.39, 0.29) is 0 Å². The van der Waals surface area contributed by atoms with Gasteiger partial charge in [-0.25, -0.2) is 0 Å². The standard InChI is InChI=1S/C65H48N2/c1-3-55-57-25-13-15-27-61(57)65(60(55)4-2)62-28-16-14-26-58(62)59-43-42-54(44-63(59)65)66(51-36-30-46(31-37-51)45-18-7-5-8-19-45)52-38-32-47(33-39-52)48-34-40-53(41-35-48)67(50-22-9-6-10-23-50)64-29-17-21-49-20-11-12-24-56(49)64/h3-44H,1-2H3/b55-3?,60-4+. The van der Waals surface area contributed by atoms with Gasteiger partial charge in [0.25, 0.3) is 0 Å². The number of benzene rings is 10. The summed E-state index contributed by atoms with van der Waals surface area (Å²) in [6.45, 7) is 4.38.